The number of nitrogens with one attached hydrogen (secondary N) is 1. The van der Waals surface area contributed by atoms with Gasteiger partial charge in [-0.2, -0.15) is 0 Å². The second kappa shape index (κ2) is 8.58. The fraction of sp³-hybridized carbons (Fsp3) is 0.333. The Labute approximate surface area is 159 Å². The topological polar surface area (TPSA) is 67.9 Å². The Morgan fingerprint density at radius 2 is 1.93 bits per heavy atom. The van der Waals surface area contributed by atoms with E-state index in [-0.39, 0.29) is 24.8 Å². The lowest BCUT2D eigenvalue weighted by Crippen LogP contribution is -2.51. The average Bonchev–Trinajstić information content (AvgIpc) is 2.71. The summed E-state index contributed by atoms with van der Waals surface area (Å²) in [6.45, 7) is 2.77. The number of benzene rings is 2. The summed E-state index contributed by atoms with van der Waals surface area (Å²) >= 11 is 0. The smallest absolute Gasteiger partial charge is 0.262 e. The van der Waals surface area contributed by atoms with E-state index in [0.29, 0.717) is 18.0 Å². The van der Waals surface area contributed by atoms with Gasteiger partial charge in [0.05, 0.1) is 25.8 Å². The number of nitrogens with zero attached hydrogens (tertiary/aromatic N) is 1. The molecule has 0 aromatic heterocycles. The van der Waals surface area contributed by atoms with Gasteiger partial charge in [0.25, 0.3) is 5.91 Å². The van der Waals surface area contributed by atoms with Crippen LogP contribution in [0.1, 0.15) is 18.9 Å². The highest BCUT2D eigenvalue weighted by atomic mass is 16.5. The Morgan fingerprint density at radius 1 is 1.19 bits per heavy atom. The molecule has 3 rings (SSSR count). The van der Waals surface area contributed by atoms with Crippen LogP contribution in [0.3, 0.4) is 0 Å². The van der Waals surface area contributed by atoms with E-state index in [4.69, 9.17) is 9.47 Å². The summed E-state index contributed by atoms with van der Waals surface area (Å²) in [5, 5.41) is 2.84. The molecule has 0 aliphatic carbocycles. The molecule has 1 heterocycles. The van der Waals surface area contributed by atoms with Crippen LogP contribution in [-0.4, -0.2) is 38.1 Å². The van der Waals surface area contributed by atoms with Crippen molar-refractivity contribution in [1.82, 2.24) is 5.32 Å². The summed E-state index contributed by atoms with van der Waals surface area (Å²) < 4.78 is 11.0. The van der Waals surface area contributed by atoms with Gasteiger partial charge in [0.2, 0.25) is 5.91 Å². The number of ether oxygens (including phenoxy) is 2. The van der Waals surface area contributed by atoms with Crippen LogP contribution in [0.2, 0.25) is 0 Å². The number of amides is 2. The molecule has 0 spiro atoms. The van der Waals surface area contributed by atoms with Gasteiger partial charge in [-0.05, 0) is 36.2 Å². The summed E-state index contributed by atoms with van der Waals surface area (Å²) in [5.74, 6) is 1.01. The minimum atomic E-state index is -0.716. The van der Waals surface area contributed by atoms with Crippen LogP contribution in [0.15, 0.2) is 48.5 Å². The number of carbonyl (C=O) groups is 2. The number of methoxy groups -OCH3 is 1. The van der Waals surface area contributed by atoms with Crippen LogP contribution >= 0.6 is 0 Å². The highest BCUT2D eigenvalue weighted by Crippen LogP contribution is 2.33. The van der Waals surface area contributed by atoms with Gasteiger partial charge in [0, 0.05) is 6.54 Å². The molecule has 6 nitrogen and oxygen atoms in total. The van der Waals surface area contributed by atoms with Crippen LogP contribution in [0.5, 0.6) is 11.5 Å². The molecule has 0 saturated carbocycles. The third-order valence-electron chi connectivity index (χ3n) is 4.43. The van der Waals surface area contributed by atoms with Gasteiger partial charge in [0.15, 0.2) is 6.10 Å². The van der Waals surface area contributed by atoms with Gasteiger partial charge in [-0.25, -0.2) is 0 Å². The first kappa shape index (κ1) is 18.8. The third-order valence-corrected chi connectivity index (χ3v) is 4.43. The van der Waals surface area contributed by atoms with E-state index >= 15 is 0 Å². The predicted octanol–water partition coefficient (Wildman–Crippen LogP) is 2.56. The fourth-order valence-corrected chi connectivity index (χ4v) is 2.98. The lowest BCUT2D eigenvalue weighted by molar-refractivity contribution is -0.128. The van der Waals surface area contributed by atoms with Crippen molar-refractivity contribution in [3.05, 3.63) is 54.1 Å². The van der Waals surface area contributed by atoms with E-state index in [1.54, 1.807) is 18.1 Å². The maximum Gasteiger partial charge on any atom is 0.262 e. The standard InChI is InChI=1S/C21H24N2O4/c1-3-12-22-21(25)19-14-23(17-6-4-5-7-18(17)27-19)20(24)13-15-8-10-16(26-2)11-9-15/h4-11,19H,3,12-14H2,1-2H3,(H,22,25)/t19-/m0/s1. The van der Waals surface area contributed by atoms with Crippen LogP contribution in [-0.2, 0) is 16.0 Å². The van der Waals surface area contributed by atoms with Crippen LogP contribution < -0.4 is 19.7 Å². The number of hydrogen-bond acceptors (Lipinski definition) is 4. The van der Waals surface area contributed by atoms with Crippen LogP contribution in [0, 0.1) is 0 Å². The second-order valence-corrected chi connectivity index (χ2v) is 6.39. The van der Waals surface area contributed by atoms with Crippen molar-refractivity contribution in [2.75, 3.05) is 25.1 Å². The van der Waals surface area contributed by atoms with Crippen LogP contribution in [0.4, 0.5) is 5.69 Å². The molecule has 6 heteroatoms. The van der Waals surface area contributed by atoms with Gasteiger partial charge in [-0.15, -0.1) is 0 Å². The summed E-state index contributed by atoms with van der Waals surface area (Å²) in [5.41, 5.74) is 1.58. The Balaban J connectivity index is 1.78. The minimum absolute atomic E-state index is 0.0794. The first-order chi connectivity index (χ1) is 13.1. The van der Waals surface area contributed by atoms with E-state index in [0.717, 1.165) is 17.7 Å². The quantitative estimate of drug-likeness (QED) is 0.851. The molecular weight excluding hydrogens is 344 g/mol. The molecular formula is C21H24N2O4. The number of para-hydroxylation sites is 2. The zero-order chi connectivity index (χ0) is 19.2. The molecule has 1 aliphatic heterocycles. The third kappa shape index (κ3) is 4.39. The van der Waals surface area contributed by atoms with E-state index in [9.17, 15) is 9.59 Å². The van der Waals surface area contributed by atoms with E-state index < -0.39 is 6.10 Å². The largest absolute Gasteiger partial charge is 0.497 e. The Kier molecular flexibility index (Phi) is 5.96. The number of anilines is 1. The zero-order valence-corrected chi connectivity index (χ0v) is 15.6. The first-order valence-electron chi connectivity index (χ1n) is 9.09. The zero-order valence-electron chi connectivity index (χ0n) is 15.6. The summed E-state index contributed by atoms with van der Waals surface area (Å²) in [4.78, 5) is 27.0. The molecule has 2 aromatic rings. The molecule has 0 saturated heterocycles. The van der Waals surface area contributed by atoms with Gasteiger partial charge in [-0.1, -0.05) is 31.2 Å². The number of rotatable bonds is 6. The van der Waals surface area contributed by atoms with E-state index in [1.807, 2.05) is 49.4 Å². The molecule has 0 unspecified atom stereocenters. The van der Waals surface area contributed by atoms with E-state index in [2.05, 4.69) is 5.32 Å². The second-order valence-electron chi connectivity index (χ2n) is 6.39. The highest BCUT2D eigenvalue weighted by Gasteiger charge is 2.33. The Bertz CT molecular complexity index is 804. The van der Waals surface area contributed by atoms with Gasteiger partial charge < -0.3 is 19.7 Å². The number of hydrogen-bond donors (Lipinski definition) is 1. The van der Waals surface area contributed by atoms with Crippen molar-refractivity contribution >= 4 is 17.5 Å². The molecule has 0 fully saturated rings. The van der Waals surface area contributed by atoms with Gasteiger partial charge in [0.1, 0.15) is 11.5 Å². The molecule has 2 aromatic carbocycles. The molecule has 1 aliphatic rings. The normalized spacial score (nSPS) is 15.5. The van der Waals surface area contributed by atoms with Gasteiger partial charge in [-0.3, -0.25) is 9.59 Å². The summed E-state index contributed by atoms with van der Waals surface area (Å²) in [7, 11) is 1.61. The summed E-state index contributed by atoms with van der Waals surface area (Å²) in [6.07, 6.45) is 0.364. The maximum atomic E-state index is 13.0. The predicted molar refractivity (Wildman–Crippen MR) is 103 cm³/mol. The van der Waals surface area contributed by atoms with Crippen molar-refractivity contribution in [2.24, 2.45) is 0 Å². The van der Waals surface area contributed by atoms with Gasteiger partial charge >= 0.3 is 0 Å². The van der Waals surface area contributed by atoms with Crippen molar-refractivity contribution in [3.8, 4) is 11.5 Å². The summed E-state index contributed by atoms with van der Waals surface area (Å²) in [6, 6.07) is 14.7. The fourth-order valence-electron chi connectivity index (χ4n) is 2.98. The Hall–Kier alpha value is -3.02. The van der Waals surface area contributed by atoms with Crippen LogP contribution in [0.25, 0.3) is 0 Å². The molecule has 1 N–H and O–H groups in total. The molecule has 142 valence electrons. The molecule has 1 atom stereocenters. The molecule has 2 amide bonds. The molecule has 0 radical (unpaired) electrons. The Morgan fingerprint density at radius 3 is 2.63 bits per heavy atom. The van der Waals surface area contributed by atoms with Crippen molar-refractivity contribution in [2.45, 2.75) is 25.9 Å². The minimum Gasteiger partial charge on any atom is -0.497 e. The average molecular weight is 368 g/mol. The lowest BCUT2D eigenvalue weighted by atomic mass is 10.1. The highest BCUT2D eigenvalue weighted by molar-refractivity contribution is 5.98. The van der Waals surface area contributed by atoms with Crippen molar-refractivity contribution in [3.63, 3.8) is 0 Å². The SMILES string of the molecule is CCCNC(=O)[C@@H]1CN(C(=O)Cc2ccc(OC)cc2)c2ccccc2O1. The van der Waals surface area contributed by atoms with Crippen molar-refractivity contribution in [1.29, 1.82) is 0 Å². The monoisotopic (exact) mass is 368 g/mol. The lowest BCUT2D eigenvalue weighted by Gasteiger charge is -2.34. The number of fused-ring (bicyclic) bond motifs is 1. The van der Waals surface area contributed by atoms with E-state index in [1.165, 1.54) is 0 Å². The first-order valence-corrected chi connectivity index (χ1v) is 9.09. The number of carbonyl (C=O) groups excluding carboxylic acids is 2. The molecule has 27 heavy (non-hydrogen) atoms. The maximum absolute atomic E-state index is 13.0. The van der Waals surface area contributed by atoms with Crippen molar-refractivity contribution < 1.29 is 19.1 Å². The molecule has 0 bridgehead atoms.